The third-order valence-electron chi connectivity index (χ3n) is 5.18. The Bertz CT molecular complexity index is 767. The van der Waals surface area contributed by atoms with Crippen LogP contribution in [0.25, 0.3) is 11.0 Å². The molecule has 1 aromatic carbocycles. The number of para-hydroxylation sites is 1. The van der Waals surface area contributed by atoms with E-state index in [2.05, 4.69) is 5.32 Å². The molecule has 0 aliphatic carbocycles. The van der Waals surface area contributed by atoms with Gasteiger partial charge in [-0.1, -0.05) is 18.2 Å². The molecule has 2 aromatic rings. The quantitative estimate of drug-likeness (QED) is 0.871. The third-order valence-corrected chi connectivity index (χ3v) is 5.18. The van der Waals surface area contributed by atoms with Crippen LogP contribution in [0.1, 0.15) is 39.0 Å². The Kier molecular flexibility index (Phi) is 4.56. The lowest BCUT2D eigenvalue weighted by molar-refractivity contribution is -0.147. The maximum atomic E-state index is 12.6. The summed E-state index contributed by atoms with van der Waals surface area (Å²) in [5.41, 5.74) is 0.0160. The SMILES string of the molecule is CC(NC(=O)C(C)N1CCC(C)(C(=O)O)C1)c1cc2ccccc2o1. The van der Waals surface area contributed by atoms with Gasteiger partial charge >= 0.3 is 5.97 Å². The Morgan fingerprint density at radius 3 is 2.68 bits per heavy atom. The lowest BCUT2D eigenvalue weighted by Crippen LogP contribution is -2.46. The summed E-state index contributed by atoms with van der Waals surface area (Å²) in [5, 5.41) is 13.3. The molecule has 1 aliphatic rings. The maximum absolute atomic E-state index is 12.6. The number of carbonyl (C=O) groups is 2. The molecule has 1 saturated heterocycles. The van der Waals surface area contributed by atoms with Crippen molar-refractivity contribution < 1.29 is 19.1 Å². The van der Waals surface area contributed by atoms with E-state index in [9.17, 15) is 14.7 Å². The lowest BCUT2D eigenvalue weighted by Gasteiger charge is -2.26. The standard InChI is InChI=1S/C19H24N2O4/c1-12(16-10-14-6-4-5-7-15(14)25-16)20-17(22)13(2)21-9-8-19(3,11-21)18(23)24/h4-7,10,12-13H,8-9,11H2,1-3H3,(H,20,22)(H,23,24). The number of furan rings is 1. The van der Waals surface area contributed by atoms with Crippen LogP contribution in [0.15, 0.2) is 34.7 Å². The van der Waals surface area contributed by atoms with E-state index in [-0.39, 0.29) is 18.0 Å². The van der Waals surface area contributed by atoms with Crippen LogP contribution in [0.5, 0.6) is 0 Å². The summed E-state index contributed by atoms with van der Waals surface area (Å²) in [4.78, 5) is 25.9. The molecule has 1 aliphatic heterocycles. The van der Waals surface area contributed by atoms with Gasteiger partial charge in [0.2, 0.25) is 5.91 Å². The third kappa shape index (κ3) is 3.39. The zero-order valence-corrected chi connectivity index (χ0v) is 14.8. The summed E-state index contributed by atoms with van der Waals surface area (Å²) in [5.74, 6) is -0.223. The first-order valence-electron chi connectivity index (χ1n) is 8.56. The number of aliphatic carboxylic acids is 1. The van der Waals surface area contributed by atoms with Crippen molar-refractivity contribution in [1.82, 2.24) is 10.2 Å². The number of carboxylic acid groups (broad SMARTS) is 1. The van der Waals surface area contributed by atoms with Crippen LogP contribution in [0, 0.1) is 5.41 Å². The fourth-order valence-electron chi connectivity index (χ4n) is 3.29. The highest BCUT2D eigenvalue weighted by Gasteiger charge is 2.43. The second kappa shape index (κ2) is 6.52. The highest BCUT2D eigenvalue weighted by Crippen LogP contribution is 2.31. The molecule has 6 nitrogen and oxygen atoms in total. The van der Waals surface area contributed by atoms with Crippen molar-refractivity contribution in [1.29, 1.82) is 0 Å². The second-order valence-electron chi connectivity index (χ2n) is 7.18. The smallest absolute Gasteiger partial charge is 0.310 e. The minimum Gasteiger partial charge on any atom is -0.481 e. The molecule has 6 heteroatoms. The van der Waals surface area contributed by atoms with Gasteiger partial charge in [-0.15, -0.1) is 0 Å². The molecule has 2 heterocycles. The molecule has 0 radical (unpaired) electrons. The van der Waals surface area contributed by atoms with Gasteiger partial charge in [0.25, 0.3) is 0 Å². The van der Waals surface area contributed by atoms with E-state index in [0.29, 0.717) is 25.3 Å². The topological polar surface area (TPSA) is 82.8 Å². The Morgan fingerprint density at radius 2 is 2.04 bits per heavy atom. The number of carboxylic acids is 1. The van der Waals surface area contributed by atoms with Gasteiger partial charge in [0.05, 0.1) is 17.5 Å². The summed E-state index contributed by atoms with van der Waals surface area (Å²) in [6.45, 7) is 6.42. The zero-order chi connectivity index (χ0) is 18.2. The van der Waals surface area contributed by atoms with E-state index in [4.69, 9.17) is 4.42 Å². The maximum Gasteiger partial charge on any atom is 0.310 e. The number of hydrogen-bond acceptors (Lipinski definition) is 4. The van der Waals surface area contributed by atoms with Gasteiger partial charge in [-0.05, 0) is 39.3 Å². The van der Waals surface area contributed by atoms with Crippen molar-refractivity contribution in [2.75, 3.05) is 13.1 Å². The highest BCUT2D eigenvalue weighted by atomic mass is 16.4. The molecule has 0 spiro atoms. The molecule has 3 unspecified atom stereocenters. The first kappa shape index (κ1) is 17.5. The Morgan fingerprint density at radius 1 is 1.32 bits per heavy atom. The van der Waals surface area contributed by atoms with Crippen LogP contribution >= 0.6 is 0 Å². The van der Waals surface area contributed by atoms with Gasteiger partial charge in [0.15, 0.2) is 0 Å². The number of amides is 1. The largest absolute Gasteiger partial charge is 0.481 e. The predicted octanol–water partition coefficient (Wildman–Crippen LogP) is 2.80. The van der Waals surface area contributed by atoms with Gasteiger partial charge in [0.1, 0.15) is 11.3 Å². The number of fused-ring (bicyclic) bond motifs is 1. The molecule has 134 valence electrons. The molecule has 1 amide bonds. The normalized spacial score (nSPS) is 23.5. The van der Waals surface area contributed by atoms with Gasteiger partial charge in [0, 0.05) is 18.5 Å². The van der Waals surface area contributed by atoms with Gasteiger partial charge in [-0.25, -0.2) is 0 Å². The van der Waals surface area contributed by atoms with Gasteiger partial charge in [-0.2, -0.15) is 0 Å². The Labute approximate surface area is 146 Å². The molecule has 0 bridgehead atoms. The van der Waals surface area contributed by atoms with Crippen molar-refractivity contribution in [3.8, 4) is 0 Å². The molecule has 3 atom stereocenters. The number of nitrogens with zero attached hydrogens (tertiary/aromatic N) is 1. The fourth-order valence-corrected chi connectivity index (χ4v) is 3.29. The lowest BCUT2D eigenvalue weighted by atomic mass is 9.90. The number of hydrogen-bond donors (Lipinski definition) is 2. The van der Waals surface area contributed by atoms with Crippen LogP contribution in [0.3, 0.4) is 0 Å². The molecule has 1 aromatic heterocycles. The van der Waals surface area contributed by atoms with Crippen molar-refractivity contribution in [3.05, 3.63) is 36.1 Å². The zero-order valence-electron chi connectivity index (χ0n) is 14.8. The summed E-state index contributed by atoms with van der Waals surface area (Å²) in [6.07, 6.45) is 0.555. The molecule has 0 saturated carbocycles. The molecular formula is C19H24N2O4. The average Bonchev–Trinajstić information content (AvgIpc) is 3.18. The number of likely N-dealkylation sites (tertiary alicyclic amines) is 1. The van der Waals surface area contributed by atoms with E-state index < -0.39 is 11.4 Å². The van der Waals surface area contributed by atoms with Crippen LogP contribution in [-0.2, 0) is 9.59 Å². The summed E-state index contributed by atoms with van der Waals surface area (Å²) in [7, 11) is 0. The monoisotopic (exact) mass is 344 g/mol. The average molecular weight is 344 g/mol. The Hall–Kier alpha value is -2.34. The minimum atomic E-state index is -0.807. The van der Waals surface area contributed by atoms with Crippen LogP contribution in [0.4, 0.5) is 0 Å². The molecule has 1 fully saturated rings. The second-order valence-corrected chi connectivity index (χ2v) is 7.18. The number of carbonyl (C=O) groups excluding carboxylic acids is 1. The van der Waals surface area contributed by atoms with Crippen LogP contribution in [-0.4, -0.2) is 41.0 Å². The molecule has 3 rings (SSSR count). The van der Waals surface area contributed by atoms with Crippen molar-refractivity contribution in [3.63, 3.8) is 0 Å². The summed E-state index contributed by atoms with van der Waals surface area (Å²) in [6, 6.07) is 9.02. The first-order chi connectivity index (χ1) is 11.8. The van der Waals surface area contributed by atoms with Crippen LogP contribution in [0.2, 0.25) is 0 Å². The van der Waals surface area contributed by atoms with E-state index in [0.717, 1.165) is 11.0 Å². The fraction of sp³-hybridized carbons (Fsp3) is 0.474. The summed E-state index contributed by atoms with van der Waals surface area (Å²) < 4.78 is 5.79. The summed E-state index contributed by atoms with van der Waals surface area (Å²) >= 11 is 0. The van der Waals surface area contributed by atoms with Crippen molar-refractivity contribution in [2.24, 2.45) is 5.41 Å². The number of rotatable bonds is 5. The molecule has 25 heavy (non-hydrogen) atoms. The first-order valence-corrected chi connectivity index (χ1v) is 8.56. The van der Waals surface area contributed by atoms with E-state index in [1.807, 2.05) is 49.1 Å². The number of benzene rings is 1. The van der Waals surface area contributed by atoms with Crippen molar-refractivity contribution >= 4 is 22.8 Å². The number of nitrogens with one attached hydrogen (secondary N) is 1. The van der Waals surface area contributed by atoms with E-state index in [1.54, 1.807) is 6.92 Å². The molecule has 2 N–H and O–H groups in total. The molecular weight excluding hydrogens is 320 g/mol. The van der Waals surface area contributed by atoms with Gasteiger partial charge < -0.3 is 14.8 Å². The Balaban J connectivity index is 1.64. The van der Waals surface area contributed by atoms with E-state index in [1.165, 1.54) is 0 Å². The van der Waals surface area contributed by atoms with E-state index >= 15 is 0 Å². The minimum absolute atomic E-state index is 0.123. The van der Waals surface area contributed by atoms with Crippen molar-refractivity contribution in [2.45, 2.75) is 39.3 Å². The highest BCUT2D eigenvalue weighted by molar-refractivity contribution is 5.83. The van der Waals surface area contributed by atoms with Gasteiger partial charge in [-0.3, -0.25) is 14.5 Å². The predicted molar refractivity (Wildman–Crippen MR) is 94.2 cm³/mol. The van der Waals surface area contributed by atoms with Crippen LogP contribution < -0.4 is 5.32 Å².